The molecule has 0 spiro atoms. The third kappa shape index (κ3) is 4.41. The normalized spacial score (nSPS) is 11.4. The zero-order valence-corrected chi connectivity index (χ0v) is 17.3. The van der Waals surface area contributed by atoms with Crippen molar-refractivity contribution in [1.29, 1.82) is 0 Å². The first-order chi connectivity index (χ1) is 13.7. The van der Waals surface area contributed by atoms with Gasteiger partial charge in [-0.3, -0.25) is 4.79 Å². The number of benzene rings is 2. The molecule has 0 fully saturated rings. The van der Waals surface area contributed by atoms with E-state index < -0.39 is 0 Å². The zero-order valence-electron chi connectivity index (χ0n) is 15.7. The van der Waals surface area contributed by atoms with Gasteiger partial charge in [-0.15, -0.1) is 18.2 Å². The number of hydrogen-bond donors (Lipinski definition) is 0. The number of nitrogens with zero attached hydrogens (tertiary/aromatic N) is 2. The average Bonchev–Trinajstić information content (AvgIpc) is 3.06. The van der Waals surface area contributed by atoms with E-state index in [1.165, 1.54) is 28.7 Å². The number of thiazole rings is 1. The first kappa shape index (κ1) is 20.1. The topological polar surface area (TPSA) is 52.8 Å². The van der Waals surface area contributed by atoms with Crippen molar-refractivity contribution in [1.82, 2.24) is 4.57 Å². The summed E-state index contributed by atoms with van der Waals surface area (Å²) in [5.74, 6) is 4.85. The molecule has 1 amide bonds. The number of aromatic nitrogens is 1. The fraction of sp³-hybridized carbons (Fsp3) is 0.238. The number of fused-ring (bicyclic) bond motifs is 1. The van der Waals surface area contributed by atoms with Crippen molar-refractivity contribution in [2.45, 2.75) is 12.3 Å². The van der Waals surface area contributed by atoms with Gasteiger partial charge >= 0.3 is 0 Å². The fourth-order valence-electron chi connectivity index (χ4n) is 2.75. The van der Waals surface area contributed by atoms with Crippen LogP contribution in [-0.2, 0) is 17.1 Å². The summed E-state index contributed by atoms with van der Waals surface area (Å²) in [5, 5.41) is 0. The highest BCUT2D eigenvalue weighted by molar-refractivity contribution is 7.99. The Morgan fingerprint density at radius 3 is 2.57 bits per heavy atom. The number of methoxy groups -OCH3 is 2. The van der Waals surface area contributed by atoms with E-state index in [4.69, 9.17) is 15.9 Å². The van der Waals surface area contributed by atoms with Gasteiger partial charge in [0.25, 0.3) is 5.91 Å². The van der Waals surface area contributed by atoms with Crippen LogP contribution in [0.5, 0.6) is 11.5 Å². The van der Waals surface area contributed by atoms with Crippen molar-refractivity contribution in [2.24, 2.45) is 4.99 Å². The van der Waals surface area contributed by atoms with Gasteiger partial charge in [0.15, 0.2) is 4.80 Å². The number of rotatable bonds is 7. The molecule has 0 aliphatic carbocycles. The molecule has 0 radical (unpaired) electrons. The Morgan fingerprint density at radius 2 is 1.89 bits per heavy atom. The molecule has 7 heteroatoms. The van der Waals surface area contributed by atoms with E-state index in [0.717, 1.165) is 16.0 Å². The largest absolute Gasteiger partial charge is 0.495 e. The number of amides is 1. The minimum absolute atomic E-state index is 0.198. The molecule has 0 saturated carbocycles. The molecule has 3 rings (SSSR count). The lowest BCUT2D eigenvalue weighted by molar-refractivity contribution is -0.115. The molecule has 28 heavy (non-hydrogen) atoms. The van der Waals surface area contributed by atoms with Crippen LogP contribution in [0.1, 0.15) is 5.56 Å². The molecule has 0 atom stereocenters. The van der Waals surface area contributed by atoms with Gasteiger partial charge in [0.1, 0.15) is 21.7 Å². The first-order valence-corrected chi connectivity index (χ1v) is 10.5. The van der Waals surface area contributed by atoms with Crippen LogP contribution in [0.3, 0.4) is 0 Å². The Morgan fingerprint density at radius 1 is 1.18 bits per heavy atom. The fourth-order valence-corrected chi connectivity index (χ4v) is 4.67. The minimum atomic E-state index is -0.198. The minimum Gasteiger partial charge on any atom is -0.495 e. The lowest BCUT2D eigenvalue weighted by Gasteiger charge is -2.08. The third-order valence-corrected chi connectivity index (χ3v) is 6.08. The summed E-state index contributed by atoms with van der Waals surface area (Å²) >= 11 is 2.91. The number of thioether (sulfide) groups is 1. The van der Waals surface area contributed by atoms with Crippen molar-refractivity contribution >= 4 is 39.2 Å². The summed E-state index contributed by atoms with van der Waals surface area (Å²) in [6, 6.07) is 13.7. The SMILES string of the molecule is C#CCn1c(=NC(=O)CSCc2ccccc2)sc2c(OC)ccc(OC)c21. The maximum atomic E-state index is 12.4. The molecule has 0 aliphatic rings. The highest BCUT2D eigenvalue weighted by Crippen LogP contribution is 2.35. The van der Waals surface area contributed by atoms with Gasteiger partial charge in [-0.1, -0.05) is 47.6 Å². The molecule has 0 unspecified atom stereocenters. The summed E-state index contributed by atoms with van der Waals surface area (Å²) in [5.41, 5.74) is 1.97. The Bertz CT molecular complexity index is 1080. The van der Waals surface area contributed by atoms with E-state index in [1.807, 2.05) is 47.0 Å². The number of carbonyl (C=O) groups is 1. The Balaban J connectivity index is 1.91. The van der Waals surface area contributed by atoms with Crippen LogP contribution in [0, 0.1) is 12.3 Å². The van der Waals surface area contributed by atoms with Gasteiger partial charge in [0, 0.05) is 5.75 Å². The summed E-state index contributed by atoms with van der Waals surface area (Å²) in [6.45, 7) is 0.285. The van der Waals surface area contributed by atoms with Crippen molar-refractivity contribution < 1.29 is 14.3 Å². The molecule has 144 valence electrons. The Labute approximate surface area is 172 Å². The summed E-state index contributed by atoms with van der Waals surface area (Å²) < 4.78 is 13.6. The second kappa shape index (κ2) is 9.49. The van der Waals surface area contributed by atoms with Crippen LogP contribution in [0.4, 0.5) is 0 Å². The molecule has 1 heterocycles. The molecule has 0 N–H and O–H groups in total. The second-order valence-corrected chi connectivity index (χ2v) is 7.77. The maximum absolute atomic E-state index is 12.4. The third-order valence-electron chi connectivity index (χ3n) is 4.00. The molecule has 5 nitrogen and oxygen atoms in total. The standard InChI is InChI=1S/C21H20N2O3S2/c1-4-12-23-19-16(25-2)10-11-17(26-3)20(19)28-21(23)22-18(24)14-27-13-15-8-6-5-7-9-15/h1,5-11H,12-14H2,2-3H3. The summed E-state index contributed by atoms with van der Waals surface area (Å²) in [7, 11) is 3.20. The van der Waals surface area contributed by atoms with Gasteiger partial charge in [0.2, 0.25) is 0 Å². The van der Waals surface area contributed by atoms with Crippen molar-refractivity contribution in [3.05, 3.63) is 52.8 Å². The molecular weight excluding hydrogens is 392 g/mol. The molecule has 0 aliphatic heterocycles. The predicted molar refractivity (Wildman–Crippen MR) is 115 cm³/mol. The zero-order chi connectivity index (χ0) is 19.9. The smallest absolute Gasteiger partial charge is 0.258 e. The van der Waals surface area contributed by atoms with E-state index in [0.29, 0.717) is 22.1 Å². The quantitative estimate of drug-likeness (QED) is 0.555. The Kier molecular flexibility index (Phi) is 6.80. The van der Waals surface area contributed by atoms with Gasteiger partial charge in [0.05, 0.1) is 26.5 Å². The van der Waals surface area contributed by atoms with E-state index in [9.17, 15) is 4.79 Å². The molecule has 2 aromatic carbocycles. The van der Waals surface area contributed by atoms with Crippen LogP contribution < -0.4 is 14.3 Å². The van der Waals surface area contributed by atoms with Gasteiger partial charge in [-0.05, 0) is 17.7 Å². The monoisotopic (exact) mass is 412 g/mol. The van der Waals surface area contributed by atoms with E-state index in [2.05, 4.69) is 10.9 Å². The average molecular weight is 413 g/mol. The lowest BCUT2D eigenvalue weighted by atomic mass is 10.2. The number of hydrogen-bond acceptors (Lipinski definition) is 5. The molecular formula is C21H20N2O3S2. The van der Waals surface area contributed by atoms with Crippen molar-refractivity contribution in [3.63, 3.8) is 0 Å². The lowest BCUT2D eigenvalue weighted by Crippen LogP contribution is -2.17. The number of carbonyl (C=O) groups excluding carboxylic acids is 1. The van der Waals surface area contributed by atoms with Gasteiger partial charge in [-0.2, -0.15) is 4.99 Å². The predicted octanol–water partition coefficient (Wildman–Crippen LogP) is 3.71. The van der Waals surface area contributed by atoms with E-state index >= 15 is 0 Å². The summed E-state index contributed by atoms with van der Waals surface area (Å²) in [4.78, 5) is 17.3. The second-order valence-electron chi connectivity index (χ2n) is 5.81. The molecule has 0 saturated heterocycles. The van der Waals surface area contributed by atoms with Crippen molar-refractivity contribution in [2.75, 3.05) is 20.0 Å². The first-order valence-electron chi connectivity index (χ1n) is 8.55. The maximum Gasteiger partial charge on any atom is 0.258 e. The van der Waals surface area contributed by atoms with E-state index in [-0.39, 0.29) is 12.5 Å². The highest BCUT2D eigenvalue weighted by atomic mass is 32.2. The van der Waals surface area contributed by atoms with Crippen molar-refractivity contribution in [3.8, 4) is 23.8 Å². The summed E-state index contributed by atoms with van der Waals surface area (Å²) in [6.07, 6.45) is 5.55. The van der Waals surface area contributed by atoms with Gasteiger partial charge < -0.3 is 14.0 Å². The highest BCUT2D eigenvalue weighted by Gasteiger charge is 2.16. The molecule has 1 aromatic heterocycles. The number of ether oxygens (including phenoxy) is 2. The van der Waals surface area contributed by atoms with E-state index in [1.54, 1.807) is 14.2 Å². The van der Waals surface area contributed by atoms with Crippen LogP contribution >= 0.6 is 23.1 Å². The number of terminal acetylenes is 1. The Hall–Kier alpha value is -2.69. The molecule has 0 bridgehead atoms. The van der Waals surface area contributed by atoms with Crippen LogP contribution in [-0.4, -0.2) is 30.4 Å². The van der Waals surface area contributed by atoms with Crippen LogP contribution in [0.25, 0.3) is 10.2 Å². The van der Waals surface area contributed by atoms with Crippen LogP contribution in [0.15, 0.2) is 47.5 Å². The van der Waals surface area contributed by atoms with Crippen LogP contribution in [0.2, 0.25) is 0 Å². The molecule has 3 aromatic rings. The van der Waals surface area contributed by atoms with Gasteiger partial charge in [-0.25, -0.2) is 0 Å².